The summed E-state index contributed by atoms with van der Waals surface area (Å²) in [4.78, 5) is 36.3. The molecule has 27 heavy (non-hydrogen) atoms. The van der Waals surface area contributed by atoms with E-state index in [4.69, 9.17) is 4.74 Å². The summed E-state index contributed by atoms with van der Waals surface area (Å²) in [6, 6.07) is 1.19. The maximum Gasteiger partial charge on any atom is 0.306 e. The Morgan fingerprint density at radius 3 is 2.26 bits per heavy atom. The van der Waals surface area contributed by atoms with E-state index in [1.807, 2.05) is 33.8 Å². The molecule has 0 spiro atoms. The van der Waals surface area contributed by atoms with E-state index in [0.29, 0.717) is 0 Å². The average Bonchev–Trinajstić information content (AvgIpc) is 2.56. The smallest absolute Gasteiger partial charge is 0.306 e. The molecule has 6 heteroatoms. The van der Waals surface area contributed by atoms with Crippen molar-refractivity contribution >= 4 is 17.5 Å². The van der Waals surface area contributed by atoms with Crippen molar-refractivity contribution in [1.82, 2.24) is 0 Å². The summed E-state index contributed by atoms with van der Waals surface area (Å²) in [5.41, 5.74) is 0.575. The Bertz CT molecular complexity index is 841. The first-order valence-electron chi connectivity index (χ1n) is 8.80. The van der Waals surface area contributed by atoms with Crippen molar-refractivity contribution in [2.75, 3.05) is 0 Å². The Labute approximate surface area is 158 Å². The first kappa shape index (κ1) is 20.4. The lowest BCUT2D eigenvalue weighted by Crippen LogP contribution is -2.17. The molecule has 0 saturated carbocycles. The summed E-state index contributed by atoms with van der Waals surface area (Å²) in [7, 11) is 0. The fraction of sp³-hybridized carbons (Fsp3) is 0.381. The molecular formula is C21H24O6. The van der Waals surface area contributed by atoms with Gasteiger partial charge in [0.2, 0.25) is 0 Å². The monoisotopic (exact) mass is 372 g/mol. The van der Waals surface area contributed by atoms with Gasteiger partial charge in [0, 0.05) is 18.4 Å². The van der Waals surface area contributed by atoms with E-state index in [-0.39, 0.29) is 35.4 Å². The molecule has 1 aliphatic rings. The predicted molar refractivity (Wildman–Crippen MR) is 99.9 cm³/mol. The molecule has 6 nitrogen and oxygen atoms in total. The Kier molecular flexibility index (Phi) is 6.20. The molecule has 0 radical (unpaired) electrons. The minimum atomic E-state index is -0.892. The van der Waals surface area contributed by atoms with Gasteiger partial charge in [0.1, 0.15) is 17.6 Å². The SMILES string of the molecule is CC(C)=CC[C@@H](OC(=O)CC(C)C)c1cc(O)c2c(c1O)C(=O)C=CC2=O. The molecule has 0 aliphatic heterocycles. The molecule has 0 bridgehead atoms. The lowest BCUT2D eigenvalue weighted by molar-refractivity contribution is -0.150. The van der Waals surface area contributed by atoms with Crippen molar-refractivity contribution in [3.63, 3.8) is 0 Å². The van der Waals surface area contributed by atoms with Gasteiger partial charge in [-0.3, -0.25) is 14.4 Å². The molecule has 1 aromatic rings. The zero-order valence-electron chi connectivity index (χ0n) is 15.9. The van der Waals surface area contributed by atoms with E-state index in [2.05, 4.69) is 0 Å². The zero-order chi connectivity index (χ0) is 20.3. The molecule has 144 valence electrons. The van der Waals surface area contributed by atoms with Gasteiger partial charge in [-0.15, -0.1) is 0 Å². The Morgan fingerprint density at radius 1 is 1.11 bits per heavy atom. The molecule has 0 unspecified atom stereocenters. The van der Waals surface area contributed by atoms with E-state index in [1.165, 1.54) is 6.07 Å². The number of benzene rings is 1. The van der Waals surface area contributed by atoms with Crippen molar-refractivity contribution in [2.45, 2.75) is 46.6 Å². The highest BCUT2D eigenvalue weighted by atomic mass is 16.5. The first-order valence-corrected chi connectivity index (χ1v) is 8.80. The number of phenols is 2. The minimum absolute atomic E-state index is 0.0940. The average molecular weight is 372 g/mol. The number of ketones is 2. The van der Waals surface area contributed by atoms with Gasteiger partial charge in [0.25, 0.3) is 0 Å². The van der Waals surface area contributed by atoms with Gasteiger partial charge in [0.15, 0.2) is 11.6 Å². The van der Waals surface area contributed by atoms with Crippen LogP contribution in [0.2, 0.25) is 0 Å². The summed E-state index contributed by atoms with van der Waals surface area (Å²) in [6.45, 7) is 7.52. The maximum absolute atomic E-state index is 12.2. The van der Waals surface area contributed by atoms with Crippen LogP contribution in [0, 0.1) is 5.92 Å². The van der Waals surface area contributed by atoms with Gasteiger partial charge in [0.05, 0.1) is 11.1 Å². The molecular weight excluding hydrogens is 348 g/mol. The second-order valence-corrected chi connectivity index (χ2v) is 7.24. The number of carbonyl (C=O) groups excluding carboxylic acids is 3. The molecule has 1 aliphatic carbocycles. The highest BCUT2D eigenvalue weighted by Gasteiger charge is 2.31. The number of fused-ring (bicyclic) bond motifs is 1. The van der Waals surface area contributed by atoms with Gasteiger partial charge in [-0.2, -0.15) is 0 Å². The Hall–Kier alpha value is -2.89. The van der Waals surface area contributed by atoms with Gasteiger partial charge in [-0.05, 0) is 38.0 Å². The fourth-order valence-electron chi connectivity index (χ4n) is 2.85. The second-order valence-electron chi connectivity index (χ2n) is 7.24. The molecule has 2 N–H and O–H groups in total. The van der Waals surface area contributed by atoms with Crippen molar-refractivity contribution in [3.8, 4) is 11.5 Å². The third-order valence-electron chi connectivity index (χ3n) is 4.12. The number of carbonyl (C=O) groups is 3. The highest BCUT2D eigenvalue weighted by molar-refractivity contribution is 6.24. The van der Waals surface area contributed by atoms with Crippen LogP contribution in [0.25, 0.3) is 0 Å². The van der Waals surface area contributed by atoms with Crippen LogP contribution in [0.5, 0.6) is 11.5 Å². The number of rotatable bonds is 6. The summed E-state index contributed by atoms with van der Waals surface area (Å²) in [6.07, 6.45) is 3.49. The molecule has 2 rings (SSSR count). The van der Waals surface area contributed by atoms with E-state index < -0.39 is 35.1 Å². The normalized spacial score (nSPS) is 14.1. The third kappa shape index (κ3) is 4.64. The third-order valence-corrected chi connectivity index (χ3v) is 4.12. The number of aromatic hydroxyl groups is 2. The molecule has 0 heterocycles. The fourth-order valence-corrected chi connectivity index (χ4v) is 2.85. The van der Waals surface area contributed by atoms with Crippen LogP contribution in [-0.2, 0) is 9.53 Å². The standard InChI is InChI=1S/C21H24O6/c1-11(2)5-8-17(27-18(25)9-12(3)4)13-10-16(24)19-14(22)6-7-15(23)20(19)21(13)26/h5-7,10,12,17,24,26H,8-9H2,1-4H3/t17-/m1/s1. The second kappa shape index (κ2) is 8.20. The van der Waals surface area contributed by atoms with Crippen molar-refractivity contribution < 1.29 is 29.3 Å². The van der Waals surface area contributed by atoms with Crippen molar-refractivity contribution in [3.05, 3.63) is 46.6 Å². The quantitative estimate of drug-likeness (QED) is 0.444. The van der Waals surface area contributed by atoms with Gasteiger partial charge >= 0.3 is 5.97 Å². The number of phenolic OH excluding ortho intramolecular Hbond substituents is 2. The number of esters is 1. The van der Waals surface area contributed by atoms with Crippen LogP contribution in [0.1, 0.15) is 72.9 Å². The number of allylic oxidation sites excluding steroid dienone is 3. The topological polar surface area (TPSA) is 101 Å². The van der Waals surface area contributed by atoms with Gasteiger partial charge in [-0.1, -0.05) is 25.5 Å². The molecule has 1 atom stereocenters. The van der Waals surface area contributed by atoms with E-state index in [1.54, 1.807) is 0 Å². The highest BCUT2D eigenvalue weighted by Crippen LogP contribution is 2.41. The lowest BCUT2D eigenvalue weighted by Gasteiger charge is -2.22. The summed E-state index contributed by atoms with van der Waals surface area (Å²) < 4.78 is 5.52. The zero-order valence-corrected chi connectivity index (χ0v) is 15.9. The number of hydrogen-bond acceptors (Lipinski definition) is 6. The predicted octanol–water partition coefficient (Wildman–Crippen LogP) is 4.02. The molecule has 0 amide bonds. The summed E-state index contributed by atoms with van der Waals surface area (Å²) >= 11 is 0. The maximum atomic E-state index is 12.2. The molecule has 0 fully saturated rings. The van der Waals surface area contributed by atoms with E-state index >= 15 is 0 Å². The van der Waals surface area contributed by atoms with Crippen LogP contribution in [-0.4, -0.2) is 27.7 Å². The van der Waals surface area contributed by atoms with Crippen LogP contribution in [0.15, 0.2) is 29.9 Å². The van der Waals surface area contributed by atoms with Crippen molar-refractivity contribution in [1.29, 1.82) is 0 Å². The lowest BCUT2D eigenvalue weighted by atomic mass is 9.89. The first-order chi connectivity index (χ1) is 12.6. The number of ether oxygens (including phenoxy) is 1. The number of hydrogen-bond donors (Lipinski definition) is 2. The Balaban J connectivity index is 2.52. The van der Waals surface area contributed by atoms with Crippen LogP contribution in [0.3, 0.4) is 0 Å². The van der Waals surface area contributed by atoms with Crippen LogP contribution >= 0.6 is 0 Å². The summed E-state index contributed by atoms with van der Waals surface area (Å²) in [5.74, 6) is -2.39. The molecule has 1 aromatic carbocycles. The van der Waals surface area contributed by atoms with Crippen LogP contribution < -0.4 is 0 Å². The van der Waals surface area contributed by atoms with Crippen LogP contribution in [0.4, 0.5) is 0 Å². The Morgan fingerprint density at radius 2 is 1.70 bits per heavy atom. The summed E-state index contributed by atoms with van der Waals surface area (Å²) in [5, 5.41) is 20.9. The molecule has 0 saturated heterocycles. The molecule has 0 aromatic heterocycles. The van der Waals surface area contributed by atoms with E-state index in [0.717, 1.165) is 17.7 Å². The van der Waals surface area contributed by atoms with Gasteiger partial charge in [-0.25, -0.2) is 0 Å². The largest absolute Gasteiger partial charge is 0.507 e. The minimum Gasteiger partial charge on any atom is -0.507 e. The van der Waals surface area contributed by atoms with Crippen molar-refractivity contribution in [2.24, 2.45) is 5.92 Å². The van der Waals surface area contributed by atoms with Gasteiger partial charge < -0.3 is 14.9 Å². The van der Waals surface area contributed by atoms with E-state index in [9.17, 15) is 24.6 Å².